The van der Waals surface area contributed by atoms with Crippen LogP contribution < -0.4 is 0 Å². The number of halogens is 2. The van der Waals surface area contributed by atoms with Crippen molar-refractivity contribution < 1.29 is 18.7 Å². The summed E-state index contributed by atoms with van der Waals surface area (Å²) in [6.07, 6.45) is 5.50. The Morgan fingerprint density at radius 3 is 2.96 bits per heavy atom. The Bertz CT molecular complexity index is 1100. The van der Waals surface area contributed by atoms with Crippen molar-refractivity contribution in [1.29, 1.82) is 0 Å². The van der Waals surface area contributed by atoms with Gasteiger partial charge < -0.3 is 4.74 Å². The van der Waals surface area contributed by atoms with Crippen LogP contribution in [0, 0.1) is 5.82 Å². The van der Waals surface area contributed by atoms with Crippen LogP contribution in [0.3, 0.4) is 0 Å². The predicted molar refractivity (Wildman–Crippen MR) is 99.5 cm³/mol. The van der Waals surface area contributed by atoms with E-state index in [0.29, 0.717) is 28.9 Å². The fourth-order valence-corrected chi connectivity index (χ4v) is 3.42. The van der Waals surface area contributed by atoms with Gasteiger partial charge in [0.05, 0.1) is 30.6 Å². The molecule has 0 fully saturated rings. The number of nitrogens with zero attached hydrogens (tertiary/aromatic N) is 4. The number of hydrogen-bond acceptors (Lipinski definition) is 5. The van der Waals surface area contributed by atoms with Gasteiger partial charge in [-0.05, 0) is 18.1 Å². The fourth-order valence-electron chi connectivity index (χ4n) is 3.17. The highest BCUT2D eigenvalue weighted by atomic mass is 35.5. The summed E-state index contributed by atoms with van der Waals surface area (Å²) in [5.74, 6) is -0.948. The largest absolute Gasteiger partial charge is 0.449 e. The highest BCUT2D eigenvalue weighted by Crippen LogP contribution is 2.36. The number of hydrogen-bond donors (Lipinski definition) is 0. The van der Waals surface area contributed by atoms with Crippen LogP contribution in [0.2, 0.25) is 5.15 Å². The molecule has 0 saturated heterocycles. The molecule has 3 aromatic heterocycles. The van der Waals surface area contributed by atoms with Gasteiger partial charge >= 0.3 is 6.09 Å². The van der Waals surface area contributed by atoms with Crippen LogP contribution in [0.5, 0.6) is 0 Å². The Balaban J connectivity index is 1.74. The van der Waals surface area contributed by atoms with E-state index < -0.39 is 17.8 Å². The first kappa shape index (κ1) is 18.4. The van der Waals surface area contributed by atoms with E-state index in [4.69, 9.17) is 16.3 Å². The Labute approximate surface area is 164 Å². The minimum Gasteiger partial charge on any atom is -0.449 e. The maximum atomic E-state index is 13.5. The normalized spacial score (nSPS) is 13.2. The summed E-state index contributed by atoms with van der Waals surface area (Å²) in [4.78, 5) is 34.4. The lowest BCUT2D eigenvalue weighted by molar-refractivity contribution is 0.0678. The van der Waals surface area contributed by atoms with Crippen molar-refractivity contribution >= 4 is 29.2 Å². The first-order chi connectivity index (χ1) is 13.5. The van der Waals surface area contributed by atoms with Crippen molar-refractivity contribution in [2.75, 3.05) is 6.61 Å². The van der Waals surface area contributed by atoms with Gasteiger partial charge in [0.15, 0.2) is 0 Å². The summed E-state index contributed by atoms with van der Waals surface area (Å²) in [5, 5.41) is 0.0208. The molecule has 0 aromatic carbocycles. The second kappa shape index (κ2) is 7.20. The van der Waals surface area contributed by atoms with E-state index in [1.807, 2.05) is 6.92 Å². The van der Waals surface area contributed by atoms with Crippen LogP contribution in [0.1, 0.15) is 35.7 Å². The van der Waals surface area contributed by atoms with Crippen molar-refractivity contribution in [1.82, 2.24) is 19.3 Å². The third-order valence-electron chi connectivity index (χ3n) is 4.61. The van der Waals surface area contributed by atoms with E-state index in [2.05, 4.69) is 9.97 Å². The van der Waals surface area contributed by atoms with E-state index >= 15 is 0 Å². The molecule has 0 unspecified atom stereocenters. The van der Waals surface area contributed by atoms with Gasteiger partial charge in [0.1, 0.15) is 16.6 Å². The maximum Gasteiger partial charge on any atom is 0.417 e. The lowest BCUT2D eigenvalue weighted by Gasteiger charge is -2.13. The number of imidazole rings is 1. The smallest absolute Gasteiger partial charge is 0.417 e. The van der Waals surface area contributed by atoms with Gasteiger partial charge in [0.25, 0.3) is 5.91 Å². The molecule has 0 bridgehead atoms. The monoisotopic (exact) mass is 402 g/mol. The molecule has 28 heavy (non-hydrogen) atoms. The predicted octanol–water partition coefficient (Wildman–Crippen LogP) is 4.08. The molecule has 4 heterocycles. The molecule has 1 aliphatic rings. The van der Waals surface area contributed by atoms with Crippen LogP contribution in [0.4, 0.5) is 9.18 Å². The highest BCUT2D eigenvalue weighted by Gasteiger charge is 2.37. The van der Waals surface area contributed by atoms with Gasteiger partial charge in [-0.2, -0.15) is 0 Å². The number of fused-ring (bicyclic) bond motifs is 2. The Morgan fingerprint density at radius 2 is 2.18 bits per heavy atom. The van der Waals surface area contributed by atoms with Gasteiger partial charge in [-0.25, -0.2) is 24.1 Å². The highest BCUT2D eigenvalue weighted by molar-refractivity contribution is 6.33. The molecular formula is C19H16ClFN4O3. The number of imide groups is 1. The number of aromatic nitrogens is 3. The van der Waals surface area contributed by atoms with E-state index in [1.165, 1.54) is 18.3 Å². The molecule has 0 aliphatic carbocycles. The summed E-state index contributed by atoms with van der Waals surface area (Å²) in [5.41, 5.74) is 2.35. The topological polar surface area (TPSA) is 76.8 Å². The zero-order valence-electron chi connectivity index (χ0n) is 15.0. The number of rotatable bonds is 4. The van der Waals surface area contributed by atoms with Crippen molar-refractivity contribution in [2.45, 2.75) is 26.3 Å². The number of pyridine rings is 2. The number of carbonyl (C=O) groups is 2. The Morgan fingerprint density at radius 1 is 1.36 bits per heavy atom. The molecule has 0 N–H and O–H groups in total. The van der Waals surface area contributed by atoms with Crippen molar-refractivity contribution in [3.05, 3.63) is 52.8 Å². The zero-order chi connectivity index (χ0) is 19.8. The van der Waals surface area contributed by atoms with Crippen LogP contribution in [0.25, 0.3) is 16.9 Å². The molecule has 0 atom stereocenters. The summed E-state index contributed by atoms with van der Waals surface area (Å²) < 4.78 is 20.3. The van der Waals surface area contributed by atoms with Crippen LogP contribution in [-0.2, 0) is 11.3 Å². The molecule has 3 aromatic rings. The lowest BCUT2D eigenvalue weighted by atomic mass is 10.0. The van der Waals surface area contributed by atoms with E-state index in [1.54, 1.807) is 16.8 Å². The third-order valence-corrected chi connectivity index (χ3v) is 4.90. The second-order valence-corrected chi connectivity index (χ2v) is 6.75. The molecule has 9 heteroatoms. The summed E-state index contributed by atoms with van der Waals surface area (Å²) in [7, 11) is 0. The van der Waals surface area contributed by atoms with Gasteiger partial charge in [0, 0.05) is 24.0 Å². The SMILES string of the molecule is CCCCOC(=O)N1Cc2c(-c3cnc4cc(F)ccn34)cnc(Cl)c2C1=O. The molecule has 2 amide bonds. The van der Waals surface area contributed by atoms with Crippen LogP contribution in [0.15, 0.2) is 30.7 Å². The first-order valence-corrected chi connectivity index (χ1v) is 9.18. The van der Waals surface area contributed by atoms with Crippen molar-refractivity contribution in [3.8, 4) is 11.3 Å². The molecule has 1 aliphatic heterocycles. The zero-order valence-corrected chi connectivity index (χ0v) is 15.7. The van der Waals surface area contributed by atoms with Gasteiger partial charge in [0.2, 0.25) is 0 Å². The number of ether oxygens (including phenoxy) is 1. The molecule has 4 rings (SSSR count). The first-order valence-electron chi connectivity index (χ1n) is 8.80. The van der Waals surface area contributed by atoms with Gasteiger partial charge in [-0.15, -0.1) is 0 Å². The van der Waals surface area contributed by atoms with Gasteiger partial charge in [-0.3, -0.25) is 9.20 Å². The summed E-state index contributed by atoms with van der Waals surface area (Å²) in [6, 6.07) is 2.61. The van der Waals surface area contributed by atoms with E-state index in [-0.39, 0.29) is 23.9 Å². The van der Waals surface area contributed by atoms with Crippen molar-refractivity contribution in [2.24, 2.45) is 0 Å². The van der Waals surface area contributed by atoms with E-state index in [0.717, 1.165) is 11.3 Å². The number of amides is 2. The van der Waals surface area contributed by atoms with Crippen molar-refractivity contribution in [3.63, 3.8) is 0 Å². The van der Waals surface area contributed by atoms with Crippen LogP contribution >= 0.6 is 11.6 Å². The average Bonchev–Trinajstić information content (AvgIpc) is 3.24. The summed E-state index contributed by atoms with van der Waals surface area (Å²) in [6.45, 7) is 2.24. The summed E-state index contributed by atoms with van der Waals surface area (Å²) >= 11 is 6.15. The quantitative estimate of drug-likeness (QED) is 0.485. The Hall–Kier alpha value is -3.00. The fraction of sp³-hybridized carbons (Fsp3) is 0.263. The average molecular weight is 403 g/mol. The van der Waals surface area contributed by atoms with Gasteiger partial charge in [-0.1, -0.05) is 24.9 Å². The second-order valence-electron chi connectivity index (χ2n) is 6.39. The molecule has 7 nitrogen and oxygen atoms in total. The Kier molecular flexibility index (Phi) is 4.72. The number of unbranched alkanes of at least 4 members (excludes halogenated alkanes) is 1. The number of carbonyl (C=O) groups excluding carboxylic acids is 2. The maximum absolute atomic E-state index is 13.5. The standard InChI is InChI=1S/C19H16ClFN4O3/c1-2-3-6-28-19(27)25-10-13-12(8-23-17(20)16(13)18(25)26)14-9-22-15-7-11(21)4-5-24(14)15/h4-5,7-9H,2-3,6,10H2,1H3. The molecule has 0 saturated carbocycles. The minimum absolute atomic E-state index is 0.0190. The lowest BCUT2D eigenvalue weighted by Crippen LogP contribution is -2.32. The van der Waals surface area contributed by atoms with E-state index in [9.17, 15) is 14.0 Å². The minimum atomic E-state index is -0.711. The third kappa shape index (κ3) is 2.99. The molecule has 0 spiro atoms. The molecule has 0 radical (unpaired) electrons. The van der Waals surface area contributed by atoms with Crippen LogP contribution in [-0.4, -0.2) is 37.9 Å². The molecule has 144 valence electrons. The molecular weight excluding hydrogens is 387 g/mol.